The predicted octanol–water partition coefficient (Wildman–Crippen LogP) is 5.85. The van der Waals surface area contributed by atoms with Gasteiger partial charge in [-0.25, -0.2) is 4.39 Å². The van der Waals surface area contributed by atoms with Crippen molar-refractivity contribution in [2.24, 2.45) is 0 Å². The average molecular weight is 439 g/mol. The van der Waals surface area contributed by atoms with Gasteiger partial charge in [-0.15, -0.1) is 0 Å². The molecular weight excluding hydrogens is 415 g/mol. The molecule has 4 nitrogen and oxygen atoms in total. The molecule has 4 aromatic rings. The van der Waals surface area contributed by atoms with Gasteiger partial charge in [0.2, 0.25) is 5.91 Å². The first-order chi connectivity index (χ1) is 16.1. The van der Waals surface area contributed by atoms with E-state index in [0.29, 0.717) is 17.8 Å². The molecule has 2 amide bonds. The van der Waals surface area contributed by atoms with Gasteiger partial charge in [0.25, 0.3) is 5.91 Å². The molecule has 0 saturated carbocycles. The van der Waals surface area contributed by atoms with Gasteiger partial charge in [0.05, 0.1) is 13.0 Å². The van der Waals surface area contributed by atoms with Gasteiger partial charge in [0, 0.05) is 16.9 Å². The van der Waals surface area contributed by atoms with Crippen LogP contribution < -0.4 is 10.2 Å². The lowest BCUT2D eigenvalue weighted by atomic mass is 10.1. The maximum absolute atomic E-state index is 13.3. The molecule has 0 fully saturated rings. The normalized spacial score (nSPS) is 10.5. The van der Waals surface area contributed by atoms with Gasteiger partial charge in [-0.05, 0) is 59.7 Å². The molecule has 0 radical (unpaired) electrons. The van der Waals surface area contributed by atoms with Crippen molar-refractivity contribution in [1.82, 2.24) is 0 Å². The SMILES string of the molecule is O=C(Cc1ccc(N(Cc2ccccc2)C(=O)c2ccccc2)cc1)Nc1ccc(F)cc1. The Hall–Kier alpha value is -4.25. The molecular formula is C28H23FN2O2. The lowest BCUT2D eigenvalue weighted by Gasteiger charge is -2.23. The first kappa shape index (κ1) is 22.0. The van der Waals surface area contributed by atoms with Crippen LogP contribution in [0.1, 0.15) is 21.5 Å². The number of hydrogen-bond donors (Lipinski definition) is 1. The molecule has 0 atom stereocenters. The molecule has 0 saturated heterocycles. The van der Waals surface area contributed by atoms with Crippen molar-refractivity contribution < 1.29 is 14.0 Å². The van der Waals surface area contributed by atoms with E-state index in [-0.39, 0.29) is 24.1 Å². The molecule has 0 aliphatic carbocycles. The highest BCUT2D eigenvalue weighted by Gasteiger charge is 2.18. The Kier molecular flexibility index (Phi) is 6.90. The Morgan fingerprint density at radius 3 is 1.94 bits per heavy atom. The van der Waals surface area contributed by atoms with E-state index in [1.807, 2.05) is 72.8 Å². The smallest absolute Gasteiger partial charge is 0.258 e. The van der Waals surface area contributed by atoms with E-state index >= 15 is 0 Å². The largest absolute Gasteiger partial charge is 0.326 e. The summed E-state index contributed by atoms with van der Waals surface area (Å²) >= 11 is 0. The summed E-state index contributed by atoms with van der Waals surface area (Å²) in [5.41, 5.74) is 3.72. The first-order valence-electron chi connectivity index (χ1n) is 10.6. The topological polar surface area (TPSA) is 49.4 Å². The molecule has 33 heavy (non-hydrogen) atoms. The van der Waals surface area contributed by atoms with Gasteiger partial charge in [-0.1, -0.05) is 60.7 Å². The summed E-state index contributed by atoms with van der Waals surface area (Å²) in [6.45, 7) is 0.430. The zero-order chi connectivity index (χ0) is 23.0. The van der Waals surface area contributed by atoms with Gasteiger partial charge in [0.15, 0.2) is 0 Å². The number of halogens is 1. The lowest BCUT2D eigenvalue weighted by molar-refractivity contribution is -0.115. The molecule has 0 heterocycles. The van der Waals surface area contributed by atoms with Crippen LogP contribution in [-0.2, 0) is 17.8 Å². The number of anilines is 2. The molecule has 1 N–H and O–H groups in total. The van der Waals surface area contributed by atoms with E-state index in [0.717, 1.165) is 16.8 Å². The zero-order valence-electron chi connectivity index (χ0n) is 17.9. The fourth-order valence-electron chi connectivity index (χ4n) is 3.50. The summed E-state index contributed by atoms with van der Waals surface area (Å²) in [5.74, 6) is -0.647. The Morgan fingerprint density at radius 2 is 1.30 bits per heavy atom. The van der Waals surface area contributed by atoms with Crippen molar-refractivity contribution >= 4 is 23.2 Å². The minimum atomic E-state index is -0.353. The number of hydrogen-bond acceptors (Lipinski definition) is 2. The van der Waals surface area contributed by atoms with Gasteiger partial charge in [0.1, 0.15) is 5.82 Å². The second kappa shape index (κ2) is 10.4. The van der Waals surface area contributed by atoms with Crippen LogP contribution >= 0.6 is 0 Å². The van der Waals surface area contributed by atoms with Crippen molar-refractivity contribution in [2.75, 3.05) is 10.2 Å². The molecule has 5 heteroatoms. The molecule has 0 spiro atoms. The van der Waals surface area contributed by atoms with Crippen molar-refractivity contribution in [1.29, 1.82) is 0 Å². The minimum Gasteiger partial charge on any atom is -0.326 e. The fraction of sp³-hybridized carbons (Fsp3) is 0.0714. The third-order valence-electron chi connectivity index (χ3n) is 5.19. The molecule has 0 aliphatic rings. The Bertz CT molecular complexity index is 1210. The highest BCUT2D eigenvalue weighted by atomic mass is 19.1. The maximum Gasteiger partial charge on any atom is 0.258 e. The summed E-state index contributed by atoms with van der Waals surface area (Å²) in [4.78, 5) is 27.4. The van der Waals surface area contributed by atoms with Crippen LogP contribution in [0.2, 0.25) is 0 Å². The van der Waals surface area contributed by atoms with Gasteiger partial charge < -0.3 is 10.2 Å². The van der Waals surface area contributed by atoms with Crippen LogP contribution in [0.5, 0.6) is 0 Å². The van der Waals surface area contributed by atoms with E-state index in [1.54, 1.807) is 17.0 Å². The van der Waals surface area contributed by atoms with Crippen LogP contribution in [0.3, 0.4) is 0 Å². The van der Waals surface area contributed by atoms with Gasteiger partial charge in [-0.3, -0.25) is 9.59 Å². The van der Waals surface area contributed by atoms with Crippen molar-refractivity contribution in [3.8, 4) is 0 Å². The Labute approximate surface area is 192 Å². The molecule has 4 rings (SSSR count). The van der Waals surface area contributed by atoms with Crippen LogP contribution in [0, 0.1) is 5.82 Å². The van der Waals surface area contributed by atoms with Crippen molar-refractivity contribution in [2.45, 2.75) is 13.0 Å². The summed E-state index contributed by atoms with van der Waals surface area (Å²) < 4.78 is 13.0. The minimum absolute atomic E-state index is 0.0961. The number of carbonyl (C=O) groups excluding carboxylic acids is 2. The number of benzene rings is 4. The number of rotatable bonds is 7. The zero-order valence-corrected chi connectivity index (χ0v) is 17.9. The van der Waals surface area contributed by atoms with E-state index < -0.39 is 0 Å². The third kappa shape index (κ3) is 5.92. The van der Waals surface area contributed by atoms with E-state index in [4.69, 9.17) is 0 Å². The van der Waals surface area contributed by atoms with E-state index in [2.05, 4.69) is 5.32 Å². The standard InChI is InChI=1S/C28H23FN2O2/c29-24-13-15-25(16-14-24)30-27(32)19-21-11-17-26(18-12-21)31(20-22-7-3-1-4-8-22)28(33)23-9-5-2-6-10-23/h1-18H,19-20H2,(H,30,32). The van der Waals surface area contributed by atoms with Crippen LogP contribution in [0.4, 0.5) is 15.8 Å². The monoisotopic (exact) mass is 438 g/mol. The molecule has 4 aromatic carbocycles. The summed E-state index contributed by atoms with van der Waals surface area (Å²) in [6, 6.07) is 32.0. The summed E-state index contributed by atoms with van der Waals surface area (Å²) in [6.07, 6.45) is 0.170. The number of nitrogens with zero attached hydrogens (tertiary/aromatic N) is 1. The Balaban J connectivity index is 1.50. The Morgan fingerprint density at radius 1 is 0.697 bits per heavy atom. The van der Waals surface area contributed by atoms with E-state index in [9.17, 15) is 14.0 Å². The highest BCUT2D eigenvalue weighted by molar-refractivity contribution is 6.06. The molecule has 0 aliphatic heterocycles. The number of amides is 2. The molecule has 0 unspecified atom stereocenters. The van der Waals surface area contributed by atoms with Crippen molar-refractivity contribution in [3.63, 3.8) is 0 Å². The lowest BCUT2D eigenvalue weighted by Crippen LogP contribution is -2.30. The van der Waals surface area contributed by atoms with E-state index in [1.165, 1.54) is 24.3 Å². The van der Waals surface area contributed by atoms with Crippen LogP contribution in [0.25, 0.3) is 0 Å². The number of carbonyl (C=O) groups is 2. The van der Waals surface area contributed by atoms with Crippen LogP contribution in [0.15, 0.2) is 109 Å². The molecule has 0 bridgehead atoms. The molecule has 164 valence electrons. The third-order valence-corrected chi connectivity index (χ3v) is 5.19. The average Bonchev–Trinajstić information content (AvgIpc) is 2.85. The summed E-state index contributed by atoms with van der Waals surface area (Å²) in [7, 11) is 0. The molecule has 0 aromatic heterocycles. The maximum atomic E-state index is 13.3. The number of nitrogens with one attached hydrogen (secondary N) is 1. The fourth-order valence-corrected chi connectivity index (χ4v) is 3.50. The second-order valence-electron chi connectivity index (χ2n) is 7.64. The second-order valence-corrected chi connectivity index (χ2v) is 7.64. The quantitative estimate of drug-likeness (QED) is 0.393. The summed E-state index contributed by atoms with van der Waals surface area (Å²) in [5, 5.41) is 2.76. The highest BCUT2D eigenvalue weighted by Crippen LogP contribution is 2.22. The first-order valence-corrected chi connectivity index (χ1v) is 10.6. The van der Waals surface area contributed by atoms with Gasteiger partial charge >= 0.3 is 0 Å². The van der Waals surface area contributed by atoms with Gasteiger partial charge in [-0.2, -0.15) is 0 Å². The van der Waals surface area contributed by atoms with Crippen LogP contribution in [-0.4, -0.2) is 11.8 Å². The predicted molar refractivity (Wildman–Crippen MR) is 129 cm³/mol. The van der Waals surface area contributed by atoms with Crippen molar-refractivity contribution in [3.05, 3.63) is 132 Å².